The van der Waals surface area contributed by atoms with E-state index in [1.165, 1.54) is 4.90 Å². The maximum absolute atomic E-state index is 13.2. The molecule has 0 aromatic heterocycles. The first-order valence-electron chi connectivity index (χ1n) is 13.9. The van der Waals surface area contributed by atoms with Crippen molar-refractivity contribution in [1.29, 1.82) is 5.26 Å². The van der Waals surface area contributed by atoms with E-state index in [1.807, 2.05) is 61.5 Å². The van der Waals surface area contributed by atoms with Gasteiger partial charge in [0, 0.05) is 6.42 Å². The Morgan fingerprint density at radius 1 is 1.02 bits per heavy atom. The average Bonchev–Trinajstić information content (AvgIpc) is 3.36. The maximum Gasteiger partial charge on any atom is 0.416 e. The molecule has 1 unspecified atom stereocenters. The summed E-state index contributed by atoms with van der Waals surface area (Å²) in [5, 5.41) is 9.02. The molecule has 1 heterocycles. The van der Waals surface area contributed by atoms with E-state index >= 15 is 0 Å². The number of imide groups is 1. The number of amides is 2. The minimum absolute atomic E-state index is 0.0105. The van der Waals surface area contributed by atoms with Gasteiger partial charge in [0.15, 0.2) is 0 Å². The van der Waals surface area contributed by atoms with Crippen molar-refractivity contribution in [1.82, 2.24) is 4.90 Å². The van der Waals surface area contributed by atoms with E-state index in [4.69, 9.17) is 19.5 Å². The summed E-state index contributed by atoms with van der Waals surface area (Å²) in [6.07, 6.45) is 1.12. The lowest BCUT2D eigenvalue weighted by Gasteiger charge is -2.22. The standard InChI is InChI=1S/C33H34N2O6/c1-2-3-19-39-32(37)21-30(41-29-15-13-27(14-16-29)26-11-9-25(22-34)10-12-26)17-18-31(36)35-28(23-40-33(35)38)20-24-7-5-4-6-8-24/h4-16,28,30H,2-3,17-21,23H2,1H3/t28?,30-/m0/s1. The van der Waals surface area contributed by atoms with Gasteiger partial charge in [-0.25, -0.2) is 9.69 Å². The molecule has 3 aromatic carbocycles. The molecule has 0 radical (unpaired) electrons. The lowest BCUT2D eigenvalue weighted by molar-refractivity contribution is -0.146. The Kier molecular flexibility index (Phi) is 10.5. The van der Waals surface area contributed by atoms with Gasteiger partial charge in [0.25, 0.3) is 0 Å². The van der Waals surface area contributed by atoms with Crippen LogP contribution in [0.1, 0.15) is 50.2 Å². The van der Waals surface area contributed by atoms with Crippen molar-refractivity contribution in [3.05, 3.63) is 90.0 Å². The quantitative estimate of drug-likeness (QED) is 0.186. The second-order valence-electron chi connectivity index (χ2n) is 9.95. The van der Waals surface area contributed by atoms with Crippen molar-refractivity contribution in [2.45, 2.75) is 57.6 Å². The Bertz CT molecular complexity index is 1350. The summed E-state index contributed by atoms with van der Waals surface area (Å²) in [6, 6.07) is 26.0. The first-order valence-corrected chi connectivity index (χ1v) is 13.9. The van der Waals surface area contributed by atoms with Crippen LogP contribution in [0.2, 0.25) is 0 Å². The van der Waals surface area contributed by atoms with Crippen LogP contribution in [0.5, 0.6) is 5.75 Å². The third-order valence-electron chi connectivity index (χ3n) is 6.88. The van der Waals surface area contributed by atoms with Crippen molar-refractivity contribution < 1.29 is 28.6 Å². The van der Waals surface area contributed by atoms with Crippen molar-refractivity contribution in [3.8, 4) is 22.9 Å². The number of carbonyl (C=O) groups excluding carboxylic acids is 3. The maximum atomic E-state index is 13.2. The Balaban J connectivity index is 1.41. The van der Waals surface area contributed by atoms with Crippen molar-refractivity contribution in [2.75, 3.05) is 13.2 Å². The van der Waals surface area contributed by atoms with Gasteiger partial charge in [-0.05, 0) is 60.2 Å². The summed E-state index contributed by atoms with van der Waals surface area (Å²) >= 11 is 0. The average molecular weight is 555 g/mol. The number of carbonyl (C=O) groups is 3. The zero-order valence-electron chi connectivity index (χ0n) is 23.2. The van der Waals surface area contributed by atoms with Crippen molar-refractivity contribution in [2.24, 2.45) is 0 Å². The lowest BCUT2D eigenvalue weighted by atomic mass is 10.0. The highest BCUT2D eigenvalue weighted by atomic mass is 16.6. The molecule has 2 atom stereocenters. The topological polar surface area (TPSA) is 106 Å². The molecular weight excluding hydrogens is 520 g/mol. The molecule has 4 rings (SSSR count). The van der Waals surface area contributed by atoms with Crippen LogP contribution in [0.15, 0.2) is 78.9 Å². The molecule has 8 nitrogen and oxygen atoms in total. The fraction of sp³-hybridized carbons (Fsp3) is 0.333. The Hall–Kier alpha value is -4.64. The van der Waals surface area contributed by atoms with Crippen molar-refractivity contribution in [3.63, 3.8) is 0 Å². The number of ether oxygens (including phenoxy) is 3. The molecule has 1 aliphatic rings. The number of nitrogens with zero attached hydrogens (tertiary/aromatic N) is 2. The number of hydrogen-bond acceptors (Lipinski definition) is 7. The number of benzene rings is 3. The van der Waals surface area contributed by atoms with Gasteiger partial charge in [-0.15, -0.1) is 0 Å². The molecule has 0 aliphatic carbocycles. The van der Waals surface area contributed by atoms with E-state index in [1.54, 1.807) is 24.3 Å². The van der Waals surface area contributed by atoms with Crippen LogP contribution in [0.3, 0.4) is 0 Å². The number of nitriles is 1. The summed E-state index contributed by atoms with van der Waals surface area (Å²) in [6.45, 7) is 2.50. The molecule has 1 saturated heterocycles. The summed E-state index contributed by atoms with van der Waals surface area (Å²) in [4.78, 5) is 39.3. The zero-order valence-corrected chi connectivity index (χ0v) is 23.2. The van der Waals surface area contributed by atoms with E-state index in [0.717, 1.165) is 29.5 Å². The van der Waals surface area contributed by atoms with Crippen molar-refractivity contribution >= 4 is 18.0 Å². The van der Waals surface area contributed by atoms with Crippen LogP contribution in [0.25, 0.3) is 11.1 Å². The molecule has 3 aromatic rings. The Labute approximate surface area is 240 Å². The molecule has 1 fully saturated rings. The number of cyclic esters (lactones) is 1. The molecule has 0 spiro atoms. The molecule has 8 heteroatoms. The largest absolute Gasteiger partial charge is 0.490 e. The highest BCUT2D eigenvalue weighted by Gasteiger charge is 2.38. The molecule has 212 valence electrons. The third-order valence-corrected chi connectivity index (χ3v) is 6.88. The number of rotatable bonds is 13. The van der Waals surface area contributed by atoms with Gasteiger partial charge in [-0.2, -0.15) is 5.26 Å². The van der Waals surface area contributed by atoms with Crippen LogP contribution >= 0.6 is 0 Å². The summed E-state index contributed by atoms with van der Waals surface area (Å²) < 4.78 is 16.7. The fourth-order valence-electron chi connectivity index (χ4n) is 4.64. The minimum Gasteiger partial charge on any atom is -0.490 e. The summed E-state index contributed by atoms with van der Waals surface area (Å²) in [5.74, 6) is -0.214. The first kappa shape index (κ1) is 29.3. The van der Waals surface area contributed by atoms with Crippen LogP contribution in [0, 0.1) is 11.3 Å². The number of hydrogen-bond donors (Lipinski definition) is 0. The van der Waals surface area contributed by atoms with Gasteiger partial charge < -0.3 is 14.2 Å². The molecule has 1 aliphatic heterocycles. The van der Waals surface area contributed by atoms with Crippen LogP contribution in [-0.4, -0.2) is 48.2 Å². The van der Waals surface area contributed by atoms with E-state index < -0.39 is 18.2 Å². The minimum atomic E-state index is -0.647. The second kappa shape index (κ2) is 14.7. The highest BCUT2D eigenvalue weighted by molar-refractivity contribution is 5.93. The molecule has 41 heavy (non-hydrogen) atoms. The third kappa shape index (κ3) is 8.42. The highest BCUT2D eigenvalue weighted by Crippen LogP contribution is 2.25. The van der Waals surface area contributed by atoms with Crippen LogP contribution in [-0.2, 0) is 25.5 Å². The Morgan fingerprint density at radius 2 is 1.71 bits per heavy atom. The first-order chi connectivity index (χ1) is 20.0. The SMILES string of the molecule is CCCCOC(=O)C[C@H](CCC(=O)N1C(=O)OCC1Cc1ccccc1)Oc1ccc(-c2ccc(C#N)cc2)cc1. The zero-order chi connectivity index (χ0) is 29.0. The smallest absolute Gasteiger partial charge is 0.416 e. The van der Waals surface area contributed by atoms with E-state index in [2.05, 4.69) is 6.07 Å². The van der Waals surface area contributed by atoms with E-state index in [9.17, 15) is 14.4 Å². The molecule has 0 N–H and O–H groups in total. The molecule has 0 saturated carbocycles. The lowest BCUT2D eigenvalue weighted by Crippen LogP contribution is -2.40. The fourth-order valence-corrected chi connectivity index (χ4v) is 4.64. The van der Waals surface area contributed by atoms with Gasteiger partial charge in [-0.3, -0.25) is 9.59 Å². The van der Waals surface area contributed by atoms with Gasteiger partial charge in [0.1, 0.15) is 18.5 Å². The Morgan fingerprint density at radius 3 is 2.37 bits per heavy atom. The predicted octanol–water partition coefficient (Wildman–Crippen LogP) is 6.08. The monoisotopic (exact) mass is 554 g/mol. The number of esters is 1. The van der Waals surface area contributed by atoms with E-state index in [0.29, 0.717) is 24.3 Å². The second-order valence-corrected chi connectivity index (χ2v) is 9.95. The predicted molar refractivity (Wildman–Crippen MR) is 153 cm³/mol. The van der Waals surface area contributed by atoms with Crippen LogP contribution in [0.4, 0.5) is 4.79 Å². The molecular formula is C33H34N2O6. The van der Waals surface area contributed by atoms with Gasteiger partial charge in [0.05, 0.1) is 30.7 Å². The van der Waals surface area contributed by atoms with Gasteiger partial charge in [0.2, 0.25) is 5.91 Å². The molecule has 2 amide bonds. The van der Waals surface area contributed by atoms with Gasteiger partial charge in [-0.1, -0.05) is 67.9 Å². The van der Waals surface area contributed by atoms with Crippen LogP contribution < -0.4 is 4.74 Å². The summed E-state index contributed by atoms with van der Waals surface area (Å²) in [7, 11) is 0. The summed E-state index contributed by atoms with van der Waals surface area (Å²) in [5.41, 5.74) is 3.50. The number of unbranched alkanes of at least 4 members (excludes halogenated alkanes) is 1. The normalized spacial score (nSPS) is 15.1. The van der Waals surface area contributed by atoms with Gasteiger partial charge >= 0.3 is 12.1 Å². The molecule has 0 bridgehead atoms. The van der Waals surface area contributed by atoms with E-state index in [-0.39, 0.29) is 37.8 Å².